The number of benzene rings is 2. The monoisotopic (exact) mass is 380 g/mol. The van der Waals surface area contributed by atoms with Crippen LogP contribution >= 0.6 is 0 Å². The van der Waals surface area contributed by atoms with Crippen molar-refractivity contribution in [3.05, 3.63) is 60.4 Å². The van der Waals surface area contributed by atoms with Crippen LogP contribution in [-0.4, -0.2) is 40.5 Å². The minimum atomic E-state index is -3.98. The molecule has 2 rings (SSSR count). The maximum Gasteiger partial charge on any atom is 0.321 e. The van der Waals surface area contributed by atoms with Gasteiger partial charge in [0, 0.05) is 12.7 Å². The molecular weight excluding hydrogens is 363 g/mol. The van der Waals surface area contributed by atoms with Crippen molar-refractivity contribution >= 4 is 27.6 Å². The highest BCUT2D eigenvalue weighted by molar-refractivity contribution is 7.89. The van der Waals surface area contributed by atoms with Crippen molar-refractivity contribution in [1.82, 2.24) is 4.72 Å². The molecule has 0 aliphatic rings. The fourth-order valence-corrected chi connectivity index (χ4v) is 2.91. The van der Waals surface area contributed by atoms with Crippen molar-refractivity contribution in [3.63, 3.8) is 0 Å². The minimum Gasteiger partial charge on any atom is -0.455 e. The summed E-state index contributed by atoms with van der Waals surface area (Å²) in [6.45, 7) is -1.18. The average Bonchev–Trinajstić information content (AvgIpc) is 2.65. The van der Waals surface area contributed by atoms with Crippen LogP contribution in [0.5, 0.6) is 0 Å². The van der Waals surface area contributed by atoms with E-state index in [-0.39, 0.29) is 4.90 Å². The summed E-state index contributed by atoms with van der Waals surface area (Å²) >= 11 is 0. The molecule has 26 heavy (non-hydrogen) atoms. The summed E-state index contributed by atoms with van der Waals surface area (Å²) in [6, 6.07) is 12.9. The second kappa shape index (κ2) is 8.54. The van der Waals surface area contributed by atoms with Gasteiger partial charge in [0.25, 0.3) is 5.91 Å². The number of nitrogens with one attached hydrogen (secondary N) is 1. The molecule has 0 aliphatic heterocycles. The van der Waals surface area contributed by atoms with E-state index < -0.39 is 40.9 Å². The summed E-state index contributed by atoms with van der Waals surface area (Å²) in [5, 5.41) is 0. The van der Waals surface area contributed by atoms with Gasteiger partial charge in [-0.05, 0) is 36.4 Å². The molecular formula is C17H17FN2O5S. The lowest BCUT2D eigenvalue weighted by atomic mass is 10.3. The number of carbonyl (C=O) groups is 2. The highest BCUT2D eigenvalue weighted by Crippen LogP contribution is 2.11. The lowest BCUT2D eigenvalue weighted by Crippen LogP contribution is -2.34. The van der Waals surface area contributed by atoms with Gasteiger partial charge in [0.1, 0.15) is 12.4 Å². The van der Waals surface area contributed by atoms with Crippen LogP contribution < -0.4 is 9.62 Å². The zero-order valence-corrected chi connectivity index (χ0v) is 14.7. The number of anilines is 1. The number of rotatable bonds is 7. The van der Waals surface area contributed by atoms with Gasteiger partial charge in [-0.15, -0.1) is 0 Å². The largest absolute Gasteiger partial charge is 0.455 e. The zero-order chi connectivity index (χ0) is 19.2. The Balaban J connectivity index is 1.83. The first-order valence-corrected chi connectivity index (χ1v) is 9.00. The number of ether oxygens (including phenoxy) is 1. The van der Waals surface area contributed by atoms with Crippen molar-refractivity contribution in [2.24, 2.45) is 0 Å². The molecule has 0 unspecified atom stereocenters. The van der Waals surface area contributed by atoms with E-state index in [1.165, 1.54) is 11.9 Å². The van der Waals surface area contributed by atoms with Crippen molar-refractivity contribution in [2.75, 3.05) is 25.1 Å². The number of carbonyl (C=O) groups excluding carboxylic acids is 2. The Morgan fingerprint density at radius 3 is 2.31 bits per heavy atom. The zero-order valence-electron chi connectivity index (χ0n) is 13.9. The fourth-order valence-electron chi connectivity index (χ4n) is 1.94. The lowest BCUT2D eigenvalue weighted by molar-refractivity contribution is -0.146. The van der Waals surface area contributed by atoms with Crippen molar-refractivity contribution in [3.8, 4) is 0 Å². The Labute approximate surface area is 150 Å². The average molecular weight is 380 g/mol. The predicted molar refractivity (Wildman–Crippen MR) is 92.4 cm³/mol. The standard InChI is InChI=1S/C17H17FN2O5S/c1-20(14-5-3-2-4-6-14)16(21)12-25-17(22)11-19-26(23,24)15-9-7-13(18)8-10-15/h2-10,19H,11-12H2,1H3. The number of hydrogen-bond donors (Lipinski definition) is 1. The third kappa shape index (κ3) is 5.36. The number of halogens is 1. The normalized spacial score (nSPS) is 11.0. The van der Waals surface area contributed by atoms with E-state index in [0.717, 1.165) is 24.3 Å². The van der Waals surface area contributed by atoms with Gasteiger partial charge in [-0.1, -0.05) is 18.2 Å². The molecule has 0 fully saturated rings. The van der Waals surface area contributed by atoms with Gasteiger partial charge >= 0.3 is 5.97 Å². The number of para-hydroxylation sites is 1. The number of sulfonamides is 1. The molecule has 0 radical (unpaired) electrons. The molecule has 0 saturated heterocycles. The molecule has 2 aromatic rings. The summed E-state index contributed by atoms with van der Waals surface area (Å²) in [5.74, 6) is -1.96. The second-order valence-corrected chi connectivity index (χ2v) is 6.99. The molecule has 9 heteroatoms. The van der Waals surface area contributed by atoms with Crippen molar-refractivity contribution < 1.29 is 27.1 Å². The van der Waals surface area contributed by atoms with E-state index in [2.05, 4.69) is 0 Å². The van der Waals surface area contributed by atoms with Crippen LogP contribution in [0.2, 0.25) is 0 Å². The maximum atomic E-state index is 12.8. The number of hydrogen-bond acceptors (Lipinski definition) is 5. The Morgan fingerprint density at radius 1 is 1.08 bits per heavy atom. The Kier molecular flexibility index (Phi) is 6.42. The minimum absolute atomic E-state index is 0.188. The summed E-state index contributed by atoms with van der Waals surface area (Å²) in [4.78, 5) is 24.8. The van der Waals surface area contributed by atoms with Gasteiger partial charge in [-0.25, -0.2) is 12.8 Å². The van der Waals surface area contributed by atoms with Crippen LogP contribution in [0.4, 0.5) is 10.1 Å². The van der Waals surface area contributed by atoms with E-state index in [9.17, 15) is 22.4 Å². The summed E-state index contributed by atoms with van der Waals surface area (Å²) in [5.41, 5.74) is 0.630. The topological polar surface area (TPSA) is 92.8 Å². The van der Waals surface area contributed by atoms with Gasteiger partial charge in [0.15, 0.2) is 6.61 Å². The quantitative estimate of drug-likeness (QED) is 0.731. The van der Waals surface area contributed by atoms with Crippen molar-refractivity contribution in [2.45, 2.75) is 4.90 Å². The Morgan fingerprint density at radius 2 is 1.69 bits per heavy atom. The van der Waals surface area contributed by atoms with E-state index in [4.69, 9.17) is 4.74 Å². The van der Waals surface area contributed by atoms with Gasteiger partial charge in [0.05, 0.1) is 4.90 Å². The van der Waals surface area contributed by atoms with Gasteiger partial charge in [-0.3, -0.25) is 9.59 Å². The van der Waals surface area contributed by atoms with Crippen LogP contribution in [0.25, 0.3) is 0 Å². The summed E-state index contributed by atoms with van der Waals surface area (Å²) in [6.07, 6.45) is 0. The predicted octanol–water partition coefficient (Wildman–Crippen LogP) is 1.31. The molecule has 0 heterocycles. The molecule has 0 atom stereocenters. The van der Waals surface area contributed by atoms with Crippen LogP contribution in [0.15, 0.2) is 59.5 Å². The molecule has 2 aromatic carbocycles. The van der Waals surface area contributed by atoms with Crippen LogP contribution in [-0.2, 0) is 24.3 Å². The molecule has 1 amide bonds. The van der Waals surface area contributed by atoms with E-state index in [0.29, 0.717) is 5.69 Å². The van der Waals surface area contributed by atoms with E-state index in [1.807, 2.05) is 4.72 Å². The third-order valence-corrected chi connectivity index (χ3v) is 4.82. The van der Waals surface area contributed by atoms with Gasteiger partial charge in [0.2, 0.25) is 10.0 Å². The number of esters is 1. The first-order valence-electron chi connectivity index (χ1n) is 7.52. The summed E-state index contributed by atoms with van der Waals surface area (Å²) < 4.78 is 43.6. The third-order valence-electron chi connectivity index (χ3n) is 3.40. The molecule has 0 spiro atoms. The van der Waals surface area contributed by atoms with Crippen LogP contribution in [0.3, 0.4) is 0 Å². The smallest absolute Gasteiger partial charge is 0.321 e. The first-order chi connectivity index (χ1) is 12.3. The number of nitrogens with zero attached hydrogens (tertiary/aromatic N) is 1. The van der Waals surface area contributed by atoms with Gasteiger partial charge in [-0.2, -0.15) is 4.72 Å². The Bertz CT molecular complexity index is 870. The molecule has 7 nitrogen and oxygen atoms in total. The second-order valence-electron chi connectivity index (χ2n) is 5.23. The first kappa shape index (κ1) is 19.5. The lowest BCUT2D eigenvalue weighted by Gasteiger charge is -2.17. The van der Waals surface area contributed by atoms with Crippen LogP contribution in [0, 0.1) is 5.82 Å². The molecule has 138 valence electrons. The number of amides is 1. The molecule has 0 bridgehead atoms. The van der Waals surface area contributed by atoms with E-state index in [1.54, 1.807) is 30.3 Å². The van der Waals surface area contributed by atoms with Crippen molar-refractivity contribution in [1.29, 1.82) is 0 Å². The Hall–Kier alpha value is -2.78. The molecule has 0 aliphatic carbocycles. The highest BCUT2D eigenvalue weighted by atomic mass is 32.2. The maximum absolute atomic E-state index is 12.8. The number of likely N-dealkylation sites (N-methyl/N-ethyl adjacent to an activating group) is 1. The van der Waals surface area contributed by atoms with Gasteiger partial charge < -0.3 is 9.64 Å². The molecule has 0 saturated carbocycles. The fraction of sp³-hybridized carbons (Fsp3) is 0.176. The summed E-state index contributed by atoms with van der Waals surface area (Å²) in [7, 11) is -2.45. The van der Waals surface area contributed by atoms with Crippen LogP contribution in [0.1, 0.15) is 0 Å². The molecule has 0 aromatic heterocycles. The SMILES string of the molecule is CN(C(=O)COC(=O)CNS(=O)(=O)c1ccc(F)cc1)c1ccccc1. The van der Waals surface area contributed by atoms with E-state index >= 15 is 0 Å². The molecule has 1 N–H and O–H groups in total. The highest BCUT2D eigenvalue weighted by Gasteiger charge is 2.18.